The van der Waals surface area contributed by atoms with E-state index in [9.17, 15) is 0 Å². The number of hydrogen-bond acceptors (Lipinski definition) is 5. The van der Waals surface area contributed by atoms with Gasteiger partial charge in [0, 0.05) is 64.1 Å². The Balaban J connectivity index is 0.979. The van der Waals surface area contributed by atoms with Crippen molar-refractivity contribution in [3.63, 3.8) is 0 Å². The van der Waals surface area contributed by atoms with Crippen molar-refractivity contribution in [2.75, 3.05) is 0 Å². The largest absolute Gasteiger partial charge is 0.456 e. The predicted molar refractivity (Wildman–Crippen MR) is 289 cm³/mol. The molecule has 0 fully saturated rings. The first-order valence-electron chi connectivity index (χ1n) is 23.2. The number of nitrogens with zero attached hydrogens (tertiary/aromatic N) is 4. The molecule has 15 rings (SSSR count). The second kappa shape index (κ2) is 14.8. The van der Waals surface area contributed by atoms with Gasteiger partial charge in [-0.15, -0.1) is 11.3 Å². The third kappa shape index (κ3) is 5.86. The normalized spacial score (nSPS) is 12.1. The minimum atomic E-state index is 0.586. The van der Waals surface area contributed by atoms with Gasteiger partial charge in [-0.25, -0.2) is 15.0 Å². The van der Waals surface area contributed by atoms with Crippen LogP contribution in [0.2, 0.25) is 0 Å². The molecule has 4 heterocycles. The van der Waals surface area contributed by atoms with Crippen LogP contribution in [0.1, 0.15) is 0 Å². The Labute approximate surface area is 398 Å². The van der Waals surface area contributed by atoms with Crippen LogP contribution in [0.25, 0.3) is 147 Å². The highest BCUT2D eigenvalue weighted by molar-refractivity contribution is 7.26. The predicted octanol–water partition coefficient (Wildman–Crippen LogP) is 17.4. The first-order valence-corrected chi connectivity index (χ1v) is 24.1. The average Bonchev–Trinajstić information content (AvgIpc) is 4.10. The molecule has 0 aliphatic heterocycles. The molecule has 4 aromatic heterocycles. The van der Waals surface area contributed by atoms with E-state index in [2.05, 4.69) is 211 Å². The fraction of sp³-hybridized carbons (Fsp3) is 0. The van der Waals surface area contributed by atoms with Gasteiger partial charge < -0.3 is 8.98 Å². The first-order chi connectivity index (χ1) is 34.2. The molecule has 0 N–H and O–H groups in total. The summed E-state index contributed by atoms with van der Waals surface area (Å²) < 4.78 is 11.6. The number of furan rings is 1. The maximum atomic E-state index is 6.79. The standard InChI is InChI=1S/C63H36N4OS/c1-2-12-37(13-3-1)38-24-26-41(27-25-38)61-64-62(66-63(65-61)49-21-10-19-47-46-18-8-9-23-56(46)69-60(47)49)48-20-11-22-54-58(48)59-50-36-44(31-28-40(50)30-33-55(59)68-54)67-52-32-29-39-14-6-7-17-45(39)57(52)51-34-42-15-4-5-16-43(42)35-53(51)67/h1-36H. The molecule has 0 unspecified atom stereocenters. The van der Waals surface area contributed by atoms with E-state index in [4.69, 9.17) is 19.4 Å². The fourth-order valence-corrected chi connectivity index (χ4v) is 12.0. The molecule has 0 aliphatic rings. The van der Waals surface area contributed by atoms with Crippen LogP contribution in [0.3, 0.4) is 0 Å². The summed E-state index contributed by atoms with van der Waals surface area (Å²) in [6, 6.07) is 78.0. The molecule has 0 aliphatic carbocycles. The molecule has 0 bridgehead atoms. The van der Waals surface area contributed by atoms with Crippen LogP contribution in [0.5, 0.6) is 0 Å². The van der Waals surface area contributed by atoms with E-state index in [1.54, 1.807) is 11.3 Å². The van der Waals surface area contributed by atoms with Gasteiger partial charge in [0.1, 0.15) is 11.2 Å². The van der Waals surface area contributed by atoms with Crippen molar-refractivity contribution in [3.8, 4) is 51.0 Å². The van der Waals surface area contributed by atoms with Crippen LogP contribution >= 0.6 is 11.3 Å². The van der Waals surface area contributed by atoms with Crippen molar-refractivity contribution in [1.82, 2.24) is 19.5 Å². The van der Waals surface area contributed by atoms with Gasteiger partial charge in [-0.05, 0) is 98.0 Å². The molecular formula is C63H36N4OS. The SMILES string of the molecule is c1ccc(-c2ccc(-c3nc(-c4cccc5c4sc4ccccc45)nc(-c4cccc5oc6ccc7ccc(-n8c9cc%10ccccc%10cc9c9c%10ccccc%10ccc98)cc7c6c45)n3)cc2)cc1. The van der Waals surface area contributed by atoms with E-state index >= 15 is 0 Å². The molecule has 0 saturated heterocycles. The summed E-state index contributed by atoms with van der Waals surface area (Å²) in [5.74, 6) is 1.82. The Morgan fingerprint density at radius 3 is 1.84 bits per heavy atom. The number of thiophene rings is 1. The Morgan fingerprint density at radius 1 is 0.348 bits per heavy atom. The molecule has 0 radical (unpaired) electrons. The molecule has 11 aromatic carbocycles. The van der Waals surface area contributed by atoms with E-state index in [0.717, 1.165) is 70.9 Å². The maximum absolute atomic E-state index is 6.79. The van der Waals surface area contributed by atoms with Crippen LogP contribution in [-0.2, 0) is 0 Å². The second-order valence-corrected chi connectivity index (χ2v) is 18.9. The van der Waals surface area contributed by atoms with Crippen molar-refractivity contribution in [2.45, 2.75) is 0 Å². The third-order valence-electron chi connectivity index (χ3n) is 14.0. The molecule has 0 spiro atoms. The van der Waals surface area contributed by atoms with Gasteiger partial charge in [0.25, 0.3) is 0 Å². The van der Waals surface area contributed by atoms with Crippen molar-refractivity contribution in [2.24, 2.45) is 0 Å². The van der Waals surface area contributed by atoms with E-state index in [1.807, 2.05) is 12.1 Å². The minimum Gasteiger partial charge on any atom is -0.456 e. The number of benzene rings is 11. The second-order valence-electron chi connectivity index (χ2n) is 17.9. The zero-order valence-electron chi connectivity index (χ0n) is 36.9. The molecule has 320 valence electrons. The highest BCUT2D eigenvalue weighted by Crippen LogP contribution is 2.44. The Kier molecular flexibility index (Phi) is 8.17. The van der Waals surface area contributed by atoms with E-state index in [-0.39, 0.29) is 0 Å². The third-order valence-corrected chi connectivity index (χ3v) is 15.2. The van der Waals surface area contributed by atoms with Crippen molar-refractivity contribution >= 4 is 108 Å². The summed E-state index contributed by atoms with van der Waals surface area (Å²) in [5.41, 5.74) is 10.1. The van der Waals surface area contributed by atoms with Crippen LogP contribution < -0.4 is 0 Å². The summed E-state index contributed by atoms with van der Waals surface area (Å²) in [4.78, 5) is 16.1. The van der Waals surface area contributed by atoms with Crippen molar-refractivity contribution in [3.05, 3.63) is 218 Å². The summed E-state index contributed by atoms with van der Waals surface area (Å²) in [7, 11) is 0. The molecule has 0 atom stereocenters. The Hall–Kier alpha value is -8.97. The molecule has 5 nitrogen and oxygen atoms in total. The lowest BCUT2D eigenvalue weighted by Gasteiger charge is -2.12. The van der Waals surface area contributed by atoms with Crippen LogP contribution in [0.4, 0.5) is 0 Å². The lowest BCUT2D eigenvalue weighted by atomic mass is 9.99. The van der Waals surface area contributed by atoms with Crippen LogP contribution in [0, 0.1) is 0 Å². The first kappa shape index (κ1) is 38.2. The summed E-state index contributed by atoms with van der Waals surface area (Å²) in [5, 5.41) is 14.0. The highest BCUT2D eigenvalue weighted by atomic mass is 32.1. The summed E-state index contributed by atoms with van der Waals surface area (Å²) in [6.45, 7) is 0. The van der Waals surface area contributed by atoms with Crippen molar-refractivity contribution < 1.29 is 4.42 Å². The zero-order valence-corrected chi connectivity index (χ0v) is 37.7. The van der Waals surface area contributed by atoms with Gasteiger partial charge in [0.05, 0.1) is 11.0 Å². The van der Waals surface area contributed by atoms with E-state index in [1.165, 1.54) is 58.8 Å². The van der Waals surface area contributed by atoms with Gasteiger partial charge in [-0.3, -0.25) is 0 Å². The monoisotopic (exact) mass is 896 g/mol. The molecule has 69 heavy (non-hydrogen) atoms. The Bertz CT molecular complexity index is 4600. The lowest BCUT2D eigenvalue weighted by Crippen LogP contribution is -2.00. The minimum absolute atomic E-state index is 0.586. The average molecular weight is 897 g/mol. The van der Waals surface area contributed by atoms with Gasteiger partial charge in [0.15, 0.2) is 17.5 Å². The van der Waals surface area contributed by atoms with Gasteiger partial charge >= 0.3 is 0 Å². The lowest BCUT2D eigenvalue weighted by molar-refractivity contribution is 0.669. The molecular weight excluding hydrogens is 861 g/mol. The van der Waals surface area contributed by atoms with Gasteiger partial charge in [-0.1, -0.05) is 164 Å². The highest BCUT2D eigenvalue weighted by Gasteiger charge is 2.22. The van der Waals surface area contributed by atoms with Gasteiger partial charge in [-0.2, -0.15) is 0 Å². The summed E-state index contributed by atoms with van der Waals surface area (Å²) >= 11 is 1.78. The number of rotatable bonds is 5. The summed E-state index contributed by atoms with van der Waals surface area (Å²) in [6.07, 6.45) is 0. The van der Waals surface area contributed by atoms with Crippen LogP contribution in [-0.4, -0.2) is 19.5 Å². The van der Waals surface area contributed by atoms with Crippen LogP contribution in [0.15, 0.2) is 223 Å². The molecule has 15 aromatic rings. The Morgan fingerprint density at radius 2 is 0.971 bits per heavy atom. The smallest absolute Gasteiger partial charge is 0.165 e. The fourth-order valence-electron chi connectivity index (χ4n) is 10.8. The van der Waals surface area contributed by atoms with E-state index < -0.39 is 0 Å². The number of hydrogen-bond donors (Lipinski definition) is 0. The van der Waals surface area contributed by atoms with E-state index in [0.29, 0.717) is 17.5 Å². The van der Waals surface area contributed by atoms with Crippen molar-refractivity contribution in [1.29, 1.82) is 0 Å². The number of fused-ring (bicyclic) bond motifs is 14. The quantitative estimate of drug-likeness (QED) is 0.173. The zero-order chi connectivity index (χ0) is 45.2. The topological polar surface area (TPSA) is 56.7 Å². The number of aromatic nitrogens is 4. The molecule has 6 heteroatoms. The molecule has 0 amide bonds. The maximum Gasteiger partial charge on any atom is 0.165 e. The molecule has 0 saturated carbocycles. The van der Waals surface area contributed by atoms with Gasteiger partial charge in [0.2, 0.25) is 0 Å².